The van der Waals surface area contributed by atoms with Gasteiger partial charge in [-0.15, -0.1) is 0 Å². The molecule has 0 aromatic carbocycles. The molecule has 6 N–H and O–H groups in total. The van der Waals surface area contributed by atoms with E-state index in [0.717, 1.165) is 32.2 Å². The van der Waals surface area contributed by atoms with E-state index in [-0.39, 0.29) is 12.8 Å². The van der Waals surface area contributed by atoms with Crippen LogP contribution in [-0.4, -0.2) is 31.0 Å². The van der Waals surface area contributed by atoms with Crippen LogP contribution in [0.1, 0.15) is 25.7 Å². The molecule has 0 rings (SSSR count). The van der Waals surface area contributed by atoms with Crippen molar-refractivity contribution in [3.8, 4) is 0 Å². The Morgan fingerprint density at radius 2 is 2.00 bits per heavy atom. The van der Waals surface area contributed by atoms with Crippen molar-refractivity contribution < 1.29 is 5.11 Å². The van der Waals surface area contributed by atoms with E-state index in [0.29, 0.717) is 6.54 Å². The molecule has 12 heavy (non-hydrogen) atoms. The van der Waals surface area contributed by atoms with Crippen LogP contribution < -0.4 is 16.8 Å². The number of nitrogens with two attached hydrogens (primary N) is 2. The summed E-state index contributed by atoms with van der Waals surface area (Å²) in [5.41, 5.74) is 11.0. The zero-order chi connectivity index (χ0) is 9.23. The third-order valence-corrected chi connectivity index (χ3v) is 1.74. The summed E-state index contributed by atoms with van der Waals surface area (Å²) in [6.07, 6.45) is 4.31. The SMILES string of the molecule is NCCCCCC(N)NCCO. The molecule has 0 heterocycles. The molecule has 0 aliphatic carbocycles. The van der Waals surface area contributed by atoms with Gasteiger partial charge in [0.25, 0.3) is 0 Å². The average Bonchev–Trinajstić information content (AvgIpc) is 2.09. The van der Waals surface area contributed by atoms with Crippen LogP contribution in [0, 0.1) is 0 Å². The molecule has 0 spiro atoms. The van der Waals surface area contributed by atoms with Crippen LogP contribution in [0.5, 0.6) is 0 Å². The van der Waals surface area contributed by atoms with Gasteiger partial charge >= 0.3 is 0 Å². The summed E-state index contributed by atoms with van der Waals surface area (Å²) in [6.45, 7) is 1.49. The minimum absolute atomic E-state index is 0.0231. The second-order valence-corrected chi connectivity index (χ2v) is 2.92. The molecule has 0 radical (unpaired) electrons. The van der Waals surface area contributed by atoms with Crippen molar-refractivity contribution in [2.75, 3.05) is 19.7 Å². The molecule has 1 atom stereocenters. The van der Waals surface area contributed by atoms with Crippen LogP contribution in [0.15, 0.2) is 0 Å². The zero-order valence-corrected chi connectivity index (χ0v) is 7.63. The van der Waals surface area contributed by atoms with Crippen LogP contribution in [0.3, 0.4) is 0 Å². The summed E-state index contributed by atoms with van der Waals surface area (Å²) in [4.78, 5) is 0. The summed E-state index contributed by atoms with van der Waals surface area (Å²) >= 11 is 0. The van der Waals surface area contributed by atoms with Gasteiger partial charge in [-0.2, -0.15) is 0 Å². The Balaban J connectivity index is 3.02. The Bertz CT molecular complexity index is 90.4. The van der Waals surface area contributed by atoms with Gasteiger partial charge in [-0.1, -0.05) is 12.8 Å². The summed E-state index contributed by atoms with van der Waals surface area (Å²) < 4.78 is 0. The standard InChI is InChI=1S/C8H21N3O/c9-5-3-1-2-4-8(10)11-6-7-12/h8,11-12H,1-7,9-10H2. The van der Waals surface area contributed by atoms with E-state index in [4.69, 9.17) is 16.6 Å². The lowest BCUT2D eigenvalue weighted by atomic mass is 10.1. The fourth-order valence-corrected chi connectivity index (χ4v) is 1.04. The van der Waals surface area contributed by atoms with Gasteiger partial charge in [-0.3, -0.25) is 5.32 Å². The largest absolute Gasteiger partial charge is 0.395 e. The normalized spacial score (nSPS) is 13.2. The number of hydrogen-bond donors (Lipinski definition) is 4. The van der Waals surface area contributed by atoms with Crippen LogP contribution >= 0.6 is 0 Å². The van der Waals surface area contributed by atoms with Gasteiger partial charge in [-0.05, 0) is 19.4 Å². The Hall–Kier alpha value is -0.160. The first kappa shape index (κ1) is 11.8. The highest BCUT2D eigenvalue weighted by Gasteiger charge is 1.99. The van der Waals surface area contributed by atoms with Gasteiger partial charge in [-0.25, -0.2) is 0 Å². The van der Waals surface area contributed by atoms with E-state index in [9.17, 15) is 0 Å². The van der Waals surface area contributed by atoms with E-state index in [2.05, 4.69) is 5.32 Å². The van der Waals surface area contributed by atoms with E-state index in [1.807, 2.05) is 0 Å². The molecule has 0 saturated heterocycles. The predicted octanol–water partition coefficient (Wildman–Crippen LogP) is -0.628. The number of unbranched alkanes of at least 4 members (excludes halogenated alkanes) is 2. The van der Waals surface area contributed by atoms with Gasteiger partial charge in [0, 0.05) is 6.54 Å². The summed E-state index contributed by atoms with van der Waals surface area (Å²) in [7, 11) is 0. The van der Waals surface area contributed by atoms with Gasteiger partial charge in [0.15, 0.2) is 0 Å². The van der Waals surface area contributed by atoms with Crippen molar-refractivity contribution in [2.24, 2.45) is 11.5 Å². The maximum Gasteiger partial charge on any atom is 0.0556 e. The zero-order valence-electron chi connectivity index (χ0n) is 7.63. The summed E-state index contributed by atoms with van der Waals surface area (Å²) in [5.74, 6) is 0. The third kappa shape index (κ3) is 7.94. The van der Waals surface area contributed by atoms with Gasteiger partial charge in [0.05, 0.1) is 12.8 Å². The van der Waals surface area contributed by atoms with Crippen LogP contribution in [0.4, 0.5) is 0 Å². The van der Waals surface area contributed by atoms with Crippen LogP contribution in [0.25, 0.3) is 0 Å². The van der Waals surface area contributed by atoms with E-state index < -0.39 is 0 Å². The van der Waals surface area contributed by atoms with Crippen LogP contribution in [-0.2, 0) is 0 Å². The Morgan fingerprint density at radius 1 is 1.25 bits per heavy atom. The Kier molecular flexibility index (Phi) is 8.81. The van der Waals surface area contributed by atoms with Gasteiger partial charge in [0.2, 0.25) is 0 Å². The quantitative estimate of drug-likeness (QED) is 0.292. The Labute approximate surface area is 74.3 Å². The fraction of sp³-hybridized carbons (Fsp3) is 1.00. The molecule has 4 nitrogen and oxygen atoms in total. The predicted molar refractivity (Wildman–Crippen MR) is 50.6 cm³/mol. The fourth-order valence-electron chi connectivity index (χ4n) is 1.04. The second-order valence-electron chi connectivity index (χ2n) is 2.92. The van der Waals surface area contributed by atoms with Crippen molar-refractivity contribution >= 4 is 0 Å². The van der Waals surface area contributed by atoms with E-state index in [1.54, 1.807) is 0 Å². The molecule has 0 aliphatic rings. The first-order valence-electron chi connectivity index (χ1n) is 4.61. The number of aliphatic hydroxyl groups excluding tert-OH is 1. The summed E-state index contributed by atoms with van der Waals surface area (Å²) in [6, 6.07) is 0. The molecule has 0 amide bonds. The molecule has 0 bridgehead atoms. The van der Waals surface area contributed by atoms with Crippen LogP contribution in [0.2, 0.25) is 0 Å². The highest BCUT2D eigenvalue weighted by Crippen LogP contribution is 1.99. The molecular formula is C8H21N3O. The van der Waals surface area contributed by atoms with Gasteiger partial charge < -0.3 is 16.6 Å². The molecule has 0 fully saturated rings. The Morgan fingerprint density at radius 3 is 2.58 bits per heavy atom. The monoisotopic (exact) mass is 175 g/mol. The first-order chi connectivity index (χ1) is 5.81. The van der Waals surface area contributed by atoms with Crippen molar-refractivity contribution in [3.63, 3.8) is 0 Å². The molecule has 1 unspecified atom stereocenters. The molecule has 0 aliphatic heterocycles. The minimum Gasteiger partial charge on any atom is -0.395 e. The van der Waals surface area contributed by atoms with Crippen molar-refractivity contribution in [1.82, 2.24) is 5.32 Å². The minimum atomic E-state index is 0.0231. The van der Waals surface area contributed by atoms with Crippen molar-refractivity contribution in [1.29, 1.82) is 0 Å². The number of hydrogen-bond acceptors (Lipinski definition) is 4. The highest BCUT2D eigenvalue weighted by atomic mass is 16.3. The maximum atomic E-state index is 8.49. The van der Waals surface area contributed by atoms with Crippen molar-refractivity contribution in [2.45, 2.75) is 31.8 Å². The second kappa shape index (κ2) is 8.93. The molecule has 0 aromatic rings. The maximum absolute atomic E-state index is 8.49. The molecule has 4 heteroatoms. The topological polar surface area (TPSA) is 84.3 Å². The lowest BCUT2D eigenvalue weighted by Gasteiger charge is -2.11. The van der Waals surface area contributed by atoms with Gasteiger partial charge in [0.1, 0.15) is 0 Å². The first-order valence-corrected chi connectivity index (χ1v) is 4.61. The molecular weight excluding hydrogens is 154 g/mol. The lowest BCUT2D eigenvalue weighted by molar-refractivity contribution is 0.282. The third-order valence-electron chi connectivity index (χ3n) is 1.74. The molecule has 74 valence electrons. The number of nitrogens with one attached hydrogen (secondary N) is 1. The van der Waals surface area contributed by atoms with E-state index in [1.165, 1.54) is 0 Å². The smallest absolute Gasteiger partial charge is 0.0556 e. The number of aliphatic hydroxyl groups is 1. The molecule has 0 aromatic heterocycles. The van der Waals surface area contributed by atoms with Crippen molar-refractivity contribution in [3.05, 3.63) is 0 Å². The lowest BCUT2D eigenvalue weighted by Crippen LogP contribution is -2.38. The number of rotatable bonds is 8. The average molecular weight is 175 g/mol. The molecule has 0 saturated carbocycles. The highest BCUT2D eigenvalue weighted by molar-refractivity contribution is 4.58. The summed E-state index contributed by atoms with van der Waals surface area (Å²) in [5, 5.41) is 11.5. The van der Waals surface area contributed by atoms with E-state index >= 15 is 0 Å².